The van der Waals surface area contributed by atoms with E-state index in [1.165, 1.54) is 4.90 Å². The second-order valence-corrected chi connectivity index (χ2v) is 5.59. The Morgan fingerprint density at radius 1 is 1.20 bits per heavy atom. The lowest BCUT2D eigenvalue weighted by Crippen LogP contribution is -2.55. The Morgan fingerprint density at radius 2 is 1.75 bits per heavy atom. The van der Waals surface area contributed by atoms with Crippen molar-refractivity contribution in [2.24, 2.45) is 5.73 Å². The number of amides is 1. The maximum Gasteiger partial charge on any atom is 0.401 e. The number of carbonyl (C=O) groups is 1. The fraction of sp³-hybridized carbons (Fsp3) is 0.917. The summed E-state index contributed by atoms with van der Waals surface area (Å²) in [6, 6.07) is -0.0318. The number of halogens is 3. The first kappa shape index (κ1) is 15.5. The van der Waals surface area contributed by atoms with Crippen LogP contribution in [-0.4, -0.2) is 73.2 Å². The molecule has 0 radical (unpaired) electrons. The lowest BCUT2D eigenvalue weighted by atomic mass is 10.2. The van der Waals surface area contributed by atoms with Crippen LogP contribution in [0.2, 0.25) is 0 Å². The van der Waals surface area contributed by atoms with E-state index < -0.39 is 24.7 Å². The van der Waals surface area contributed by atoms with Crippen molar-refractivity contribution in [3.63, 3.8) is 0 Å². The first-order valence-electron chi connectivity index (χ1n) is 6.90. The van der Waals surface area contributed by atoms with Gasteiger partial charge in [0.2, 0.25) is 5.91 Å². The van der Waals surface area contributed by atoms with Crippen molar-refractivity contribution in [1.29, 1.82) is 0 Å². The third kappa shape index (κ3) is 5.26. The van der Waals surface area contributed by atoms with Crippen LogP contribution in [0.5, 0.6) is 0 Å². The molecule has 2 rings (SSSR count). The van der Waals surface area contributed by atoms with Gasteiger partial charge in [0.1, 0.15) is 0 Å². The van der Waals surface area contributed by atoms with Crippen molar-refractivity contribution in [2.75, 3.05) is 39.3 Å². The minimum atomic E-state index is -4.15. The summed E-state index contributed by atoms with van der Waals surface area (Å²) >= 11 is 0. The molecule has 1 aliphatic carbocycles. The van der Waals surface area contributed by atoms with Gasteiger partial charge in [0.15, 0.2) is 0 Å². The maximum absolute atomic E-state index is 12.3. The number of hydrogen-bond acceptors (Lipinski definition) is 4. The van der Waals surface area contributed by atoms with Gasteiger partial charge in [-0.25, -0.2) is 0 Å². The van der Waals surface area contributed by atoms with E-state index in [2.05, 4.69) is 5.32 Å². The molecule has 2 fully saturated rings. The first-order chi connectivity index (χ1) is 9.33. The molecule has 0 aromatic carbocycles. The number of piperazine rings is 1. The summed E-state index contributed by atoms with van der Waals surface area (Å²) in [6.07, 6.45) is -2.03. The highest BCUT2D eigenvalue weighted by molar-refractivity contribution is 5.80. The number of hydrogen-bond donors (Lipinski definition) is 2. The van der Waals surface area contributed by atoms with Gasteiger partial charge in [-0.15, -0.1) is 0 Å². The molecular weight excluding hydrogens is 273 g/mol. The summed E-state index contributed by atoms with van der Waals surface area (Å²) < 4.78 is 36.8. The molecule has 1 saturated carbocycles. The van der Waals surface area contributed by atoms with Gasteiger partial charge in [-0.3, -0.25) is 14.6 Å². The zero-order chi connectivity index (χ0) is 14.8. The Balaban J connectivity index is 1.73. The van der Waals surface area contributed by atoms with Crippen LogP contribution in [0.1, 0.15) is 12.8 Å². The quantitative estimate of drug-likeness (QED) is 0.710. The number of rotatable bonds is 6. The number of carbonyl (C=O) groups excluding carboxylic acids is 1. The van der Waals surface area contributed by atoms with E-state index in [1.54, 1.807) is 0 Å². The van der Waals surface area contributed by atoms with Crippen LogP contribution in [0.15, 0.2) is 0 Å². The Hall–Kier alpha value is -0.860. The van der Waals surface area contributed by atoms with Gasteiger partial charge < -0.3 is 11.1 Å². The third-order valence-electron chi connectivity index (χ3n) is 3.67. The van der Waals surface area contributed by atoms with E-state index in [0.29, 0.717) is 38.8 Å². The molecule has 5 nitrogen and oxygen atoms in total. The lowest BCUT2D eigenvalue weighted by Gasteiger charge is -2.36. The van der Waals surface area contributed by atoms with Crippen LogP contribution in [0.25, 0.3) is 0 Å². The number of nitrogens with zero attached hydrogens (tertiary/aromatic N) is 2. The van der Waals surface area contributed by atoms with E-state index in [1.807, 2.05) is 4.90 Å². The maximum atomic E-state index is 12.3. The Morgan fingerprint density at radius 3 is 2.20 bits per heavy atom. The second kappa shape index (κ2) is 6.28. The van der Waals surface area contributed by atoms with Crippen LogP contribution in [0, 0.1) is 0 Å². The predicted octanol–water partition coefficient (Wildman–Crippen LogP) is -0.228. The number of primary amides is 1. The number of nitrogens with two attached hydrogens (primary N) is 1. The van der Waals surface area contributed by atoms with Crippen molar-refractivity contribution >= 4 is 5.91 Å². The highest BCUT2D eigenvalue weighted by Crippen LogP contribution is 2.20. The van der Waals surface area contributed by atoms with Crippen LogP contribution in [0.3, 0.4) is 0 Å². The van der Waals surface area contributed by atoms with E-state index in [9.17, 15) is 18.0 Å². The largest absolute Gasteiger partial charge is 0.401 e. The van der Waals surface area contributed by atoms with Gasteiger partial charge in [0.05, 0.1) is 12.6 Å². The number of alkyl halides is 3. The third-order valence-corrected chi connectivity index (χ3v) is 3.67. The van der Waals surface area contributed by atoms with Crippen molar-refractivity contribution in [3.05, 3.63) is 0 Å². The minimum absolute atomic E-state index is 0.369. The highest BCUT2D eigenvalue weighted by atomic mass is 19.4. The normalized spacial score (nSPS) is 23.8. The molecule has 1 aliphatic heterocycles. The molecule has 1 heterocycles. The average Bonchev–Trinajstić information content (AvgIpc) is 3.12. The number of nitrogens with one attached hydrogen (secondary N) is 1. The van der Waals surface area contributed by atoms with Gasteiger partial charge in [-0.2, -0.15) is 13.2 Å². The summed E-state index contributed by atoms with van der Waals surface area (Å²) in [5, 5.41) is 3.18. The molecule has 1 amide bonds. The summed E-state index contributed by atoms with van der Waals surface area (Å²) in [7, 11) is 0. The summed E-state index contributed by atoms with van der Waals surface area (Å²) in [4.78, 5) is 14.8. The van der Waals surface area contributed by atoms with E-state index in [0.717, 1.165) is 12.8 Å². The van der Waals surface area contributed by atoms with E-state index >= 15 is 0 Å². The molecule has 1 saturated heterocycles. The van der Waals surface area contributed by atoms with Crippen molar-refractivity contribution in [1.82, 2.24) is 15.1 Å². The molecule has 2 aliphatic rings. The molecule has 116 valence electrons. The van der Waals surface area contributed by atoms with Gasteiger partial charge in [-0.1, -0.05) is 0 Å². The standard InChI is InChI=1S/C12H21F3N4O/c13-12(14,15)8-19-5-3-18(4-6-19)7-10(11(16)20)17-9-1-2-9/h9-10,17H,1-8H2,(H2,16,20). The molecule has 8 heteroatoms. The molecule has 0 bridgehead atoms. The summed E-state index contributed by atoms with van der Waals surface area (Å²) in [6.45, 7) is 1.42. The molecule has 0 spiro atoms. The second-order valence-electron chi connectivity index (χ2n) is 5.59. The summed E-state index contributed by atoms with van der Waals surface area (Å²) in [5.41, 5.74) is 5.35. The van der Waals surface area contributed by atoms with Crippen molar-refractivity contribution in [3.8, 4) is 0 Å². The zero-order valence-electron chi connectivity index (χ0n) is 11.3. The van der Waals surface area contributed by atoms with E-state index in [-0.39, 0.29) is 0 Å². The van der Waals surface area contributed by atoms with Crippen LogP contribution in [0.4, 0.5) is 13.2 Å². The van der Waals surface area contributed by atoms with Crippen molar-refractivity contribution < 1.29 is 18.0 Å². The topological polar surface area (TPSA) is 61.6 Å². The van der Waals surface area contributed by atoms with Gasteiger partial charge in [-0.05, 0) is 12.8 Å². The lowest BCUT2D eigenvalue weighted by molar-refractivity contribution is -0.149. The Bertz CT molecular complexity index is 338. The Kier molecular flexibility index (Phi) is 4.87. The molecular formula is C12H21F3N4O. The molecule has 20 heavy (non-hydrogen) atoms. The molecule has 3 N–H and O–H groups in total. The molecule has 0 aromatic rings. The summed E-state index contributed by atoms with van der Waals surface area (Å²) in [5.74, 6) is -0.394. The first-order valence-corrected chi connectivity index (χ1v) is 6.90. The fourth-order valence-electron chi connectivity index (χ4n) is 2.40. The Labute approximate surface area is 116 Å². The monoisotopic (exact) mass is 294 g/mol. The van der Waals surface area contributed by atoms with E-state index in [4.69, 9.17) is 5.73 Å². The molecule has 1 atom stereocenters. The highest BCUT2D eigenvalue weighted by Gasteiger charge is 2.33. The molecule has 1 unspecified atom stereocenters. The van der Waals surface area contributed by atoms with Crippen LogP contribution < -0.4 is 11.1 Å². The SMILES string of the molecule is NC(=O)C(CN1CCN(CC(F)(F)F)CC1)NC1CC1. The fourth-order valence-corrected chi connectivity index (χ4v) is 2.40. The van der Waals surface area contributed by atoms with Crippen LogP contribution in [-0.2, 0) is 4.79 Å². The zero-order valence-corrected chi connectivity index (χ0v) is 11.3. The van der Waals surface area contributed by atoms with Crippen molar-refractivity contribution in [2.45, 2.75) is 31.1 Å². The predicted molar refractivity (Wildman–Crippen MR) is 68.1 cm³/mol. The van der Waals surface area contributed by atoms with Gasteiger partial charge in [0, 0.05) is 38.8 Å². The van der Waals surface area contributed by atoms with Crippen LogP contribution >= 0.6 is 0 Å². The van der Waals surface area contributed by atoms with Gasteiger partial charge >= 0.3 is 6.18 Å². The van der Waals surface area contributed by atoms with Gasteiger partial charge in [0.25, 0.3) is 0 Å². The molecule has 0 aromatic heterocycles. The average molecular weight is 294 g/mol. The minimum Gasteiger partial charge on any atom is -0.368 e. The smallest absolute Gasteiger partial charge is 0.368 e.